The second-order valence-electron chi connectivity index (χ2n) is 6.39. The average Bonchev–Trinajstić information content (AvgIpc) is 3.31. The molecule has 0 spiro atoms. The molecule has 3 rings (SSSR count). The summed E-state index contributed by atoms with van der Waals surface area (Å²) in [5.74, 6) is 0.631. The molecule has 1 amide bonds. The lowest BCUT2D eigenvalue weighted by atomic mass is 10.1. The van der Waals surface area contributed by atoms with Crippen molar-refractivity contribution in [2.24, 2.45) is 0 Å². The summed E-state index contributed by atoms with van der Waals surface area (Å²) in [4.78, 5) is 12.4. The zero-order chi connectivity index (χ0) is 20.3. The number of carbonyl (C=O) groups is 1. The predicted octanol–water partition coefficient (Wildman–Crippen LogP) is 5.43. The number of hydrogen-bond acceptors (Lipinski definition) is 6. The first-order valence-corrected chi connectivity index (χ1v) is 9.69. The number of anilines is 1. The quantitative estimate of drug-likeness (QED) is 0.445. The van der Waals surface area contributed by atoms with Crippen molar-refractivity contribution in [3.05, 3.63) is 57.3 Å². The molecule has 0 aliphatic carbocycles. The molecule has 0 unspecified atom stereocenters. The SMILES string of the molecule is Cc1ccc(-c2ccc(/C=C(/C#N)C(=O)Nc3nnc(C(C)C)s3)o2)cc1Cl. The fraction of sp³-hybridized carbons (Fsp3) is 0.200. The molecule has 0 fully saturated rings. The van der Waals surface area contributed by atoms with Crippen LogP contribution in [0.25, 0.3) is 17.4 Å². The standard InChI is InChI=1S/C20H17ClN4O2S/c1-11(2)19-24-25-20(28-19)23-18(26)14(10-22)8-15-6-7-17(27-15)13-5-4-12(3)16(21)9-13/h4-9,11H,1-3H3,(H,23,25,26)/b14-8-. The topological polar surface area (TPSA) is 91.8 Å². The third-order valence-electron chi connectivity index (χ3n) is 3.89. The smallest absolute Gasteiger partial charge is 0.268 e. The maximum absolute atomic E-state index is 12.4. The molecule has 2 aromatic heterocycles. The maximum Gasteiger partial charge on any atom is 0.268 e. The molecule has 0 saturated carbocycles. The first kappa shape index (κ1) is 19.8. The Morgan fingerprint density at radius 1 is 1.32 bits per heavy atom. The normalized spacial score (nSPS) is 11.5. The summed E-state index contributed by atoms with van der Waals surface area (Å²) in [7, 11) is 0. The van der Waals surface area contributed by atoms with Gasteiger partial charge in [0.05, 0.1) is 0 Å². The molecule has 1 aromatic carbocycles. The second kappa shape index (κ2) is 8.38. The fourth-order valence-corrected chi connectivity index (χ4v) is 3.23. The van der Waals surface area contributed by atoms with Gasteiger partial charge < -0.3 is 4.42 Å². The van der Waals surface area contributed by atoms with Gasteiger partial charge in [-0.25, -0.2) is 0 Å². The number of furan rings is 1. The van der Waals surface area contributed by atoms with Crippen LogP contribution < -0.4 is 5.32 Å². The number of hydrogen-bond donors (Lipinski definition) is 1. The molecule has 1 N–H and O–H groups in total. The van der Waals surface area contributed by atoms with E-state index in [4.69, 9.17) is 16.0 Å². The number of nitrogens with one attached hydrogen (secondary N) is 1. The Balaban J connectivity index is 1.78. The van der Waals surface area contributed by atoms with Crippen LogP contribution in [0.5, 0.6) is 0 Å². The first-order chi connectivity index (χ1) is 13.4. The molecule has 0 saturated heterocycles. The van der Waals surface area contributed by atoms with Gasteiger partial charge in [-0.1, -0.05) is 48.9 Å². The number of aromatic nitrogens is 2. The van der Waals surface area contributed by atoms with E-state index in [2.05, 4.69) is 15.5 Å². The summed E-state index contributed by atoms with van der Waals surface area (Å²) in [5, 5.41) is 21.7. The number of rotatable bonds is 5. The van der Waals surface area contributed by atoms with Gasteiger partial charge in [-0.2, -0.15) is 5.26 Å². The zero-order valence-electron chi connectivity index (χ0n) is 15.5. The molecule has 28 heavy (non-hydrogen) atoms. The van der Waals surface area contributed by atoms with E-state index in [1.165, 1.54) is 17.4 Å². The molecule has 2 heterocycles. The van der Waals surface area contributed by atoms with E-state index in [9.17, 15) is 10.1 Å². The van der Waals surface area contributed by atoms with Crippen LogP contribution in [0.3, 0.4) is 0 Å². The van der Waals surface area contributed by atoms with E-state index in [-0.39, 0.29) is 11.5 Å². The predicted molar refractivity (Wildman–Crippen MR) is 110 cm³/mol. The van der Waals surface area contributed by atoms with Gasteiger partial charge in [-0.15, -0.1) is 10.2 Å². The molecular formula is C20H17ClN4O2S. The molecule has 6 nitrogen and oxygen atoms in total. The first-order valence-electron chi connectivity index (χ1n) is 8.50. The van der Waals surface area contributed by atoms with Crippen LogP contribution in [0.4, 0.5) is 5.13 Å². The van der Waals surface area contributed by atoms with E-state index in [1.54, 1.807) is 12.1 Å². The van der Waals surface area contributed by atoms with Crippen LogP contribution in [0.2, 0.25) is 5.02 Å². The average molecular weight is 413 g/mol. The van der Waals surface area contributed by atoms with Gasteiger partial charge in [-0.05, 0) is 30.7 Å². The maximum atomic E-state index is 12.4. The lowest BCUT2D eigenvalue weighted by Gasteiger charge is -2.01. The van der Waals surface area contributed by atoms with Gasteiger partial charge in [0.25, 0.3) is 5.91 Å². The van der Waals surface area contributed by atoms with Gasteiger partial charge in [0.1, 0.15) is 28.2 Å². The Hall–Kier alpha value is -2.95. The molecule has 0 aliphatic rings. The highest BCUT2D eigenvalue weighted by molar-refractivity contribution is 7.15. The number of halogens is 1. The van der Waals surface area contributed by atoms with Crippen LogP contribution >= 0.6 is 22.9 Å². The highest BCUT2D eigenvalue weighted by atomic mass is 35.5. The van der Waals surface area contributed by atoms with Crippen molar-refractivity contribution in [1.82, 2.24) is 10.2 Å². The molecule has 3 aromatic rings. The zero-order valence-corrected chi connectivity index (χ0v) is 17.1. The van der Waals surface area contributed by atoms with Crippen molar-refractivity contribution < 1.29 is 9.21 Å². The molecule has 0 radical (unpaired) electrons. The Morgan fingerprint density at radius 3 is 2.75 bits per heavy atom. The number of amides is 1. The Bertz CT molecular complexity index is 1090. The minimum atomic E-state index is -0.565. The van der Waals surface area contributed by atoms with E-state index in [1.807, 2.05) is 45.0 Å². The fourth-order valence-electron chi connectivity index (χ4n) is 2.31. The minimum absolute atomic E-state index is 0.0934. The molecule has 142 valence electrons. The van der Waals surface area contributed by atoms with Gasteiger partial charge in [0, 0.05) is 22.6 Å². The summed E-state index contributed by atoms with van der Waals surface area (Å²) < 4.78 is 5.74. The van der Waals surface area contributed by atoms with E-state index in [0.29, 0.717) is 21.7 Å². The lowest BCUT2D eigenvalue weighted by molar-refractivity contribution is -0.112. The van der Waals surface area contributed by atoms with Gasteiger partial charge in [-0.3, -0.25) is 10.1 Å². The Kier molecular flexibility index (Phi) is 5.93. The van der Waals surface area contributed by atoms with Crippen molar-refractivity contribution in [1.29, 1.82) is 5.26 Å². The van der Waals surface area contributed by atoms with Crippen LogP contribution in [0, 0.1) is 18.3 Å². The van der Waals surface area contributed by atoms with Crippen LogP contribution in [0.1, 0.15) is 36.1 Å². The van der Waals surface area contributed by atoms with Crippen LogP contribution in [-0.4, -0.2) is 16.1 Å². The second-order valence-corrected chi connectivity index (χ2v) is 7.81. The van der Waals surface area contributed by atoms with E-state index < -0.39 is 5.91 Å². The van der Waals surface area contributed by atoms with E-state index in [0.717, 1.165) is 16.1 Å². The summed E-state index contributed by atoms with van der Waals surface area (Å²) in [6.07, 6.45) is 1.39. The van der Waals surface area contributed by atoms with Crippen LogP contribution in [-0.2, 0) is 4.79 Å². The van der Waals surface area contributed by atoms with E-state index >= 15 is 0 Å². The van der Waals surface area contributed by atoms with Gasteiger partial charge >= 0.3 is 0 Å². The third kappa shape index (κ3) is 4.47. The molecule has 0 aliphatic heterocycles. The number of nitrogens with zero attached hydrogens (tertiary/aromatic N) is 3. The number of nitriles is 1. The highest BCUT2D eigenvalue weighted by Crippen LogP contribution is 2.28. The monoisotopic (exact) mass is 412 g/mol. The summed E-state index contributed by atoms with van der Waals surface area (Å²) in [6.45, 7) is 5.90. The molecule has 0 atom stereocenters. The van der Waals surface area contributed by atoms with Crippen LogP contribution in [0.15, 0.2) is 40.3 Å². The summed E-state index contributed by atoms with van der Waals surface area (Å²) >= 11 is 7.44. The van der Waals surface area contributed by atoms with Gasteiger partial charge in [0.2, 0.25) is 5.13 Å². The highest BCUT2D eigenvalue weighted by Gasteiger charge is 2.15. The van der Waals surface area contributed by atoms with Crippen molar-refractivity contribution >= 4 is 40.1 Å². The van der Waals surface area contributed by atoms with Gasteiger partial charge in [0.15, 0.2) is 0 Å². The number of carbonyl (C=O) groups excluding carboxylic acids is 1. The molecular weight excluding hydrogens is 396 g/mol. The molecule has 0 bridgehead atoms. The lowest BCUT2D eigenvalue weighted by Crippen LogP contribution is -2.13. The summed E-state index contributed by atoms with van der Waals surface area (Å²) in [6, 6.07) is 10.9. The largest absolute Gasteiger partial charge is 0.457 e. The Morgan fingerprint density at radius 2 is 2.11 bits per heavy atom. The number of benzene rings is 1. The third-order valence-corrected chi connectivity index (χ3v) is 5.44. The van der Waals surface area contributed by atoms with Crippen molar-refractivity contribution in [3.8, 4) is 17.4 Å². The number of aryl methyl sites for hydroxylation is 1. The van der Waals surface area contributed by atoms with Crippen molar-refractivity contribution in [2.45, 2.75) is 26.7 Å². The minimum Gasteiger partial charge on any atom is -0.457 e. The Labute approximate surface area is 171 Å². The summed E-state index contributed by atoms with van der Waals surface area (Å²) in [5.41, 5.74) is 1.69. The molecule has 8 heteroatoms. The van der Waals surface area contributed by atoms with Crippen molar-refractivity contribution in [2.75, 3.05) is 5.32 Å². The van der Waals surface area contributed by atoms with Crippen molar-refractivity contribution in [3.63, 3.8) is 0 Å².